The first-order valence-electron chi connectivity index (χ1n) is 4.92. The highest BCUT2D eigenvalue weighted by molar-refractivity contribution is 5.86. The molecule has 0 atom stereocenters. The van der Waals surface area contributed by atoms with Gasteiger partial charge in [0.15, 0.2) is 0 Å². The van der Waals surface area contributed by atoms with Gasteiger partial charge in [-0.05, 0) is 19.8 Å². The van der Waals surface area contributed by atoms with Gasteiger partial charge in [-0.25, -0.2) is 4.79 Å². The van der Waals surface area contributed by atoms with Crippen LogP contribution in [0.15, 0.2) is 12.2 Å². The highest BCUT2D eigenvalue weighted by Crippen LogP contribution is 2.00. The number of ketones is 1. The van der Waals surface area contributed by atoms with Crippen LogP contribution in [0.4, 0.5) is 0 Å². The minimum absolute atomic E-state index is 0.235. The molecule has 0 amide bonds. The van der Waals surface area contributed by atoms with E-state index < -0.39 is 0 Å². The average molecular weight is 198 g/mol. The third kappa shape index (κ3) is 6.40. The van der Waals surface area contributed by atoms with E-state index in [0.717, 1.165) is 6.42 Å². The number of Topliss-reactive ketones (excluding diaryl/α,β-unsaturated/α-hetero) is 1. The molecule has 80 valence electrons. The van der Waals surface area contributed by atoms with Gasteiger partial charge in [-0.15, -0.1) is 0 Å². The van der Waals surface area contributed by atoms with Crippen LogP contribution < -0.4 is 0 Å². The van der Waals surface area contributed by atoms with Crippen LogP contribution in [0.3, 0.4) is 0 Å². The van der Waals surface area contributed by atoms with Crippen LogP contribution in [0.25, 0.3) is 0 Å². The summed E-state index contributed by atoms with van der Waals surface area (Å²) in [6.07, 6.45) is 2.61. The Morgan fingerprint density at radius 3 is 2.43 bits per heavy atom. The molecule has 0 rings (SSSR count). The lowest BCUT2D eigenvalue weighted by Gasteiger charge is -2.03. The molecular weight excluding hydrogens is 180 g/mol. The fourth-order valence-electron chi connectivity index (χ4n) is 0.961. The van der Waals surface area contributed by atoms with E-state index in [2.05, 4.69) is 6.58 Å². The fourth-order valence-corrected chi connectivity index (χ4v) is 0.961. The van der Waals surface area contributed by atoms with Crippen molar-refractivity contribution < 1.29 is 14.3 Å². The summed E-state index contributed by atoms with van der Waals surface area (Å²) in [6.45, 7) is 7.34. The van der Waals surface area contributed by atoms with Gasteiger partial charge in [0.2, 0.25) is 0 Å². The van der Waals surface area contributed by atoms with Crippen molar-refractivity contribution in [3.05, 3.63) is 12.2 Å². The van der Waals surface area contributed by atoms with E-state index in [1.807, 2.05) is 6.92 Å². The van der Waals surface area contributed by atoms with E-state index in [1.165, 1.54) is 0 Å². The van der Waals surface area contributed by atoms with Crippen LogP contribution in [0.5, 0.6) is 0 Å². The monoisotopic (exact) mass is 198 g/mol. The van der Waals surface area contributed by atoms with Crippen molar-refractivity contribution in [2.24, 2.45) is 0 Å². The van der Waals surface area contributed by atoms with Gasteiger partial charge in [0.05, 0.1) is 6.61 Å². The van der Waals surface area contributed by atoms with Crippen LogP contribution >= 0.6 is 0 Å². The normalized spacial score (nSPS) is 9.57. The molecule has 0 aliphatic carbocycles. The maximum atomic E-state index is 11.1. The molecule has 0 bridgehead atoms. The first-order chi connectivity index (χ1) is 6.57. The summed E-state index contributed by atoms with van der Waals surface area (Å²) >= 11 is 0. The maximum Gasteiger partial charge on any atom is 0.333 e. The summed E-state index contributed by atoms with van der Waals surface area (Å²) in [5.41, 5.74) is 0.393. The Morgan fingerprint density at radius 1 is 1.29 bits per heavy atom. The molecule has 0 saturated heterocycles. The van der Waals surface area contributed by atoms with E-state index in [1.54, 1.807) is 6.92 Å². The predicted molar refractivity (Wildman–Crippen MR) is 54.9 cm³/mol. The van der Waals surface area contributed by atoms with Crippen molar-refractivity contribution in [2.45, 2.75) is 39.5 Å². The van der Waals surface area contributed by atoms with Crippen molar-refractivity contribution in [3.8, 4) is 0 Å². The van der Waals surface area contributed by atoms with Gasteiger partial charge in [-0.1, -0.05) is 13.5 Å². The van der Waals surface area contributed by atoms with Gasteiger partial charge < -0.3 is 4.74 Å². The molecule has 0 radical (unpaired) electrons. The molecule has 0 aromatic heterocycles. The van der Waals surface area contributed by atoms with E-state index in [9.17, 15) is 9.59 Å². The Morgan fingerprint density at radius 2 is 1.93 bits per heavy atom. The van der Waals surface area contributed by atoms with Crippen molar-refractivity contribution in [1.82, 2.24) is 0 Å². The third-order valence-corrected chi connectivity index (χ3v) is 1.71. The Labute approximate surface area is 85.1 Å². The number of carbonyl (C=O) groups is 2. The zero-order valence-electron chi connectivity index (χ0n) is 8.97. The van der Waals surface area contributed by atoms with E-state index >= 15 is 0 Å². The molecule has 0 saturated carbocycles. The number of ether oxygens (including phenoxy) is 1. The van der Waals surface area contributed by atoms with Crippen molar-refractivity contribution in [3.63, 3.8) is 0 Å². The van der Waals surface area contributed by atoms with Crippen molar-refractivity contribution in [1.29, 1.82) is 0 Å². The zero-order valence-corrected chi connectivity index (χ0v) is 8.97. The van der Waals surface area contributed by atoms with Crippen LogP contribution in [0.2, 0.25) is 0 Å². The van der Waals surface area contributed by atoms with Gasteiger partial charge in [-0.3, -0.25) is 4.79 Å². The summed E-state index contributed by atoms with van der Waals surface area (Å²) in [4.78, 5) is 22.0. The van der Waals surface area contributed by atoms with Crippen LogP contribution in [-0.2, 0) is 14.3 Å². The summed E-state index contributed by atoms with van der Waals surface area (Å²) in [5.74, 6) is -0.146. The first kappa shape index (κ1) is 12.9. The van der Waals surface area contributed by atoms with Crippen LogP contribution in [0.1, 0.15) is 39.5 Å². The van der Waals surface area contributed by atoms with Crippen molar-refractivity contribution in [2.75, 3.05) is 6.61 Å². The Bertz CT molecular complexity index is 219. The number of esters is 1. The molecule has 0 heterocycles. The molecule has 0 spiro atoms. The molecule has 0 aliphatic heterocycles. The first-order valence-corrected chi connectivity index (χ1v) is 4.92. The zero-order chi connectivity index (χ0) is 11.0. The van der Waals surface area contributed by atoms with E-state index in [-0.39, 0.29) is 11.8 Å². The highest BCUT2D eigenvalue weighted by atomic mass is 16.5. The van der Waals surface area contributed by atoms with Gasteiger partial charge >= 0.3 is 5.97 Å². The molecule has 14 heavy (non-hydrogen) atoms. The second-order valence-electron chi connectivity index (χ2n) is 3.31. The summed E-state index contributed by atoms with van der Waals surface area (Å²) in [7, 11) is 0. The van der Waals surface area contributed by atoms with Crippen LogP contribution in [-0.4, -0.2) is 18.4 Å². The average Bonchev–Trinajstić information content (AvgIpc) is 2.12. The lowest BCUT2D eigenvalue weighted by molar-refractivity contribution is -0.139. The minimum atomic E-state index is -0.382. The molecule has 0 aliphatic rings. The number of hydrogen-bond acceptors (Lipinski definition) is 3. The molecule has 0 unspecified atom stereocenters. The molecule has 0 N–H and O–H groups in total. The standard InChI is InChI=1S/C11H18O3/c1-4-6-10(12)7-5-8-14-11(13)9(2)3/h2,4-8H2,1,3H3. The predicted octanol–water partition coefficient (Wildman–Crippen LogP) is 2.26. The number of carbonyl (C=O) groups excluding carboxylic acids is 2. The van der Waals surface area contributed by atoms with Gasteiger partial charge in [0, 0.05) is 18.4 Å². The summed E-state index contributed by atoms with van der Waals surface area (Å²) in [5, 5.41) is 0. The molecule has 3 nitrogen and oxygen atoms in total. The Hall–Kier alpha value is -1.12. The third-order valence-electron chi connectivity index (χ3n) is 1.71. The fraction of sp³-hybridized carbons (Fsp3) is 0.636. The van der Waals surface area contributed by atoms with Crippen LogP contribution in [0, 0.1) is 0 Å². The quantitative estimate of drug-likeness (QED) is 0.358. The lowest BCUT2D eigenvalue weighted by atomic mass is 10.1. The lowest BCUT2D eigenvalue weighted by Crippen LogP contribution is -2.07. The van der Waals surface area contributed by atoms with Gasteiger partial charge in [0.25, 0.3) is 0 Å². The number of hydrogen-bond donors (Lipinski definition) is 0. The summed E-state index contributed by atoms with van der Waals surface area (Å²) in [6, 6.07) is 0. The Kier molecular flexibility index (Phi) is 6.72. The summed E-state index contributed by atoms with van der Waals surface area (Å²) < 4.78 is 4.84. The second-order valence-corrected chi connectivity index (χ2v) is 3.31. The molecule has 0 aromatic rings. The molecule has 0 fully saturated rings. The topological polar surface area (TPSA) is 43.4 Å². The minimum Gasteiger partial charge on any atom is -0.462 e. The molecular formula is C11H18O3. The van der Waals surface area contributed by atoms with Gasteiger partial charge in [-0.2, -0.15) is 0 Å². The van der Waals surface area contributed by atoms with E-state index in [4.69, 9.17) is 4.74 Å². The highest BCUT2D eigenvalue weighted by Gasteiger charge is 2.04. The SMILES string of the molecule is C=C(C)C(=O)OCCCC(=O)CCC. The van der Waals surface area contributed by atoms with Gasteiger partial charge in [0.1, 0.15) is 5.78 Å². The largest absolute Gasteiger partial charge is 0.462 e. The maximum absolute atomic E-state index is 11.1. The smallest absolute Gasteiger partial charge is 0.333 e. The molecule has 0 aromatic carbocycles. The molecule has 3 heteroatoms. The van der Waals surface area contributed by atoms with Crippen molar-refractivity contribution >= 4 is 11.8 Å². The van der Waals surface area contributed by atoms with E-state index in [0.29, 0.717) is 31.4 Å². The Balaban J connectivity index is 3.42. The number of rotatable bonds is 7. The second kappa shape index (κ2) is 7.30.